The molecule has 0 aromatic carbocycles. The molecule has 1 unspecified atom stereocenters. The van der Waals surface area contributed by atoms with E-state index in [1.54, 1.807) is 12.5 Å². The van der Waals surface area contributed by atoms with Crippen LogP contribution >= 0.6 is 0 Å². The number of carbonyl (C=O) groups excluding carboxylic acids is 1. The van der Waals surface area contributed by atoms with Crippen molar-refractivity contribution in [3.63, 3.8) is 0 Å². The quantitative estimate of drug-likeness (QED) is 0.707. The third-order valence-corrected chi connectivity index (χ3v) is 2.71. The molecule has 0 radical (unpaired) electrons. The van der Waals surface area contributed by atoms with E-state index >= 15 is 0 Å². The maximum absolute atomic E-state index is 11.7. The zero-order chi connectivity index (χ0) is 12.5. The summed E-state index contributed by atoms with van der Waals surface area (Å²) >= 11 is 0. The lowest BCUT2D eigenvalue weighted by Crippen LogP contribution is -2.40. The number of rotatable bonds is 8. The molecular weight excluding hydrogens is 216 g/mol. The summed E-state index contributed by atoms with van der Waals surface area (Å²) in [6.07, 6.45) is 8.94. The van der Waals surface area contributed by atoms with Crippen molar-refractivity contribution < 1.29 is 4.79 Å². The first kappa shape index (κ1) is 13.7. The molecule has 0 aliphatic rings. The van der Waals surface area contributed by atoms with Gasteiger partial charge >= 0.3 is 0 Å². The van der Waals surface area contributed by atoms with Crippen molar-refractivity contribution in [1.82, 2.24) is 14.9 Å². The van der Waals surface area contributed by atoms with E-state index in [1.165, 1.54) is 0 Å². The van der Waals surface area contributed by atoms with E-state index < -0.39 is 0 Å². The van der Waals surface area contributed by atoms with E-state index in [1.807, 2.05) is 10.8 Å². The summed E-state index contributed by atoms with van der Waals surface area (Å²) in [5, 5.41) is 2.97. The van der Waals surface area contributed by atoms with Gasteiger partial charge in [-0.2, -0.15) is 0 Å². The van der Waals surface area contributed by atoms with E-state index in [9.17, 15) is 4.79 Å². The second-order valence-electron chi connectivity index (χ2n) is 4.19. The number of hydrogen-bond acceptors (Lipinski definition) is 3. The molecule has 5 heteroatoms. The van der Waals surface area contributed by atoms with Gasteiger partial charge in [0.05, 0.1) is 6.33 Å². The molecule has 1 heterocycles. The first-order valence-corrected chi connectivity index (χ1v) is 6.21. The summed E-state index contributed by atoms with van der Waals surface area (Å²) < 4.78 is 1.89. The number of hydrogen-bond donors (Lipinski definition) is 2. The molecular formula is C12H22N4O. The minimum atomic E-state index is 0.0604. The second-order valence-corrected chi connectivity index (χ2v) is 4.19. The Kier molecular flexibility index (Phi) is 6.32. The Labute approximate surface area is 102 Å². The number of amides is 1. The molecule has 0 aliphatic carbocycles. The summed E-state index contributed by atoms with van der Waals surface area (Å²) in [7, 11) is 0. The lowest BCUT2D eigenvalue weighted by Gasteiger charge is -2.16. The maximum atomic E-state index is 11.7. The zero-order valence-electron chi connectivity index (χ0n) is 10.4. The van der Waals surface area contributed by atoms with Crippen molar-refractivity contribution in [2.45, 2.75) is 45.2 Å². The molecule has 96 valence electrons. The van der Waals surface area contributed by atoms with Gasteiger partial charge in [0.25, 0.3) is 0 Å². The van der Waals surface area contributed by atoms with Gasteiger partial charge in [0.2, 0.25) is 5.91 Å². The first-order chi connectivity index (χ1) is 8.26. The molecule has 0 saturated carbocycles. The standard InChI is InChI=1S/C12H22N4O/c1-2-3-4-11(9-13)15-12(17)5-7-16-8-6-14-10-16/h6,8,10-11H,2-5,7,9,13H2,1H3,(H,15,17). The largest absolute Gasteiger partial charge is 0.352 e. The Morgan fingerprint density at radius 2 is 2.41 bits per heavy atom. The van der Waals surface area contributed by atoms with Gasteiger partial charge < -0.3 is 15.6 Å². The van der Waals surface area contributed by atoms with Crippen molar-refractivity contribution in [2.75, 3.05) is 6.54 Å². The van der Waals surface area contributed by atoms with Gasteiger partial charge in [-0.3, -0.25) is 4.79 Å². The minimum absolute atomic E-state index is 0.0604. The van der Waals surface area contributed by atoms with Crippen LogP contribution in [0.2, 0.25) is 0 Å². The Morgan fingerprint density at radius 1 is 1.59 bits per heavy atom. The van der Waals surface area contributed by atoms with Crippen LogP contribution in [0, 0.1) is 0 Å². The Hall–Kier alpha value is -1.36. The average molecular weight is 238 g/mol. The number of nitrogens with zero attached hydrogens (tertiary/aromatic N) is 2. The number of imidazole rings is 1. The molecule has 5 nitrogen and oxygen atoms in total. The van der Waals surface area contributed by atoms with Gasteiger partial charge in [0, 0.05) is 37.9 Å². The van der Waals surface area contributed by atoms with Crippen LogP contribution in [0.5, 0.6) is 0 Å². The van der Waals surface area contributed by atoms with Crippen LogP contribution in [0.1, 0.15) is 32.6 Å². The Balaban J connectivity index is 2.22. The highest BCUT2D eigenvalue weighted by Gasteiger charge is 2.09. The minimum Gasteiger partial charge on any atom is -0.352 e. The highest BCUT2D eigenvalue weighted by Crippen LogP contribution is 2.00. The fraction of sp³-hybridized carbons (Fsp3) is 0.667. The van der Waals surface area contributed by atoms with Crippen LogP contribution in [0.15, 0.2) is 18.7 Å². The van der Waals surface area contributed by atoms with Crippen LogP contribution < -0.4 is 11.1 Å². The zero-order valence-corrected chi connectivity index (χ0v) is 10.4. The molecule has 17 heavy (non-hydrogen) atoms. The van der Waals surface area contributed by atoms with Crippen molar-refractivity contribution in [2.24, 2.45) is 5.73 Å². The Morgan fingerprint density at radius 3 is 3.00 bits per heavy atom. The summed E-state index contributed by atoms with van der Waals surface area (Å²) in [5.41, 5.74) is 5.62. The van der Waals surface area contributed by atoms with Gasteiger partial charge in [-0.05, 0) is 6.42 Å². The molecule has 0 aliphatic heterocycles. The van der Waals surface area contributed by atoms with Crippen LogP contribution in [-0.4, -0.2) is 28.0 Å². The fourth-order valence-corrected chi connectivity index (χ4v) is 1.65. The lowest BCUT2D eigenvalue weighted by atomic mass is 10.1. The van der Waals surface area contributed by atoms with Crippen LogP contribution in [0.3, 0.4) is 0 Å². The van der Waals surface area contributed by atoms with Crippen molar-refractivity contribution >= 4 is 5.91 Å². The van der Waals surface area contributed by atoms with Gasteiger partial charge in [0.1, 0.15) is 0 Å². The van der Waals surface area contributed by atoms with Gasteiger partial charge in [0.15, 0.2) is 0 Å². The highest BCUT2D eigenvalue weighted by atomic mass is 16.1. The number of nitrogens with one attached hydrogen (secondary N) is 1. The lowest BCUT2D eigenvalue weighted by molar-refractivity contribution is -0.122. The SMILES string of the molecule is CCCCC(CN)NC(=O)CCn1ccnc1. The third-order valence-electron chi connectivity index (χ3n) is 2.71. The molecule has 3 N–H and O–H groups in total. The summed E-state index contributed by atoms with van der Waals surface area (Å²) in [4.78, 5) is 15.6. The summed E-state index contributed by atoms with van der Waals surface area (Å²) in [6.45, 7) is 3.31. The van der Waals surface area contributed by atoms with Crippen LogP contribution in [0.25, 0.3) is 0 Å². The molecule has 0 saturated heterocycles. The second kappa shape index (κ2) is 7.84. The number of aromatic nitrogens is 2. The normalized spacial score (nSPS) is 12.4. The van der Waals surface area contributed by atoms with Crippen molar-refractivity contribution in [3.8, 4) is 0 Å². The van der Waals surface area contributed by atoms with E-state index in [0.29, 0.717) is 19.5 Å². The van der Waals surface area contributed by atoms with Gasteiger partial charge in [-0.1, -0.05) is 19.8 Å². The number of aryl methyl sites for hydroxylation is 1. The van der Waals surface area contributed by atoms with E-state index in [2.05, 4.69) is 17.2 Å². The maximum Gasteiger partial charge on any atom is 0.222 e. The monoisotopic (exact) mass is 238 g/mol. The third kappa shape index (κ3) is 5.49. The predicted molar refractivity (Wildman–Crippen MR) is 67.4 cm³/mol. The molecule has 1 atom stereocenters. The van der Waals surface area contributed by atoms with E-state index in [4.69, 9.17) is 5.73 Å². The van der Waals surface area contributed by atoms with Gasteiger partial charge in [-0.15, -0.1) is 0 Å². The van der Waals surface area contributed by atoms with Crippen molar-refractivity contribution in [3.05, 3.63) is 18.7 Å². The van der Waals surface area contributed by atoms with Crippen molar-refractivity contribution in [1.29, 1.82) is 0 Å². The van der Waals surface area contributed by atoms with E-state index in [-0.39, 0.29) is 11.9 Å². The molecule has 1 aromatic heterocycles. The number of nitrogens with two attached hydrogens (primary N) is 1. The first-order valence-electron chi connectivity index (χ1n) is 6.21. The van der Waals surface area contributed by atoms with Crippen LogP contribution in [-0.2, 0) is 11.3 Å². The van der Waals surface area contributed by atoms with E-state index in [0.717, 1.165) is 19.3 Å². The fourth-order valence-electron chi connectivity index (χ4n) is 1.65. The highest BCUT2D eigenvalue weighted by molar-refractivity contribution is 5.76. The molecule has 0 bridgehead atoms. The Bertz CT molecular complexity index is 310. The molecule has 0 spiro atoms. The summed E-state index contributed by atoms with van der Waals surface area (Å²) in [6, 6.07) is 0.116. The molecule has 1 aromatic rings. The summed E-state index contributed by atoms with van der Waals surface area (Å²) in [5.74, 6) is 0.0604. The average Bonchev–Trinajstić information content (AvgIpc) is 2.85. The number of unbranched alkanes of at least 4 members (excludes halogenated alkanes) is 1. The molecule has 1 rings (SSSR count). The number of carbonyl (C=O) groups is 1. The smallest absolute Gasteiger partial charge is 0.222 e. The van der Waals surface area contributed by atoms with Gasteiger partial charge in [-0.25, -0.2) is 4.98 Å². The van der Waals surface area contributed by atoms with Crippen LogP contribution in [0.4, 0.5) is 0 Å². The molecule has 1 amide bonds. The predicted octanol–water partition coefficient (Wildman–Crippen LogP) is 0.907. The topological polar surface area (TPSA) is 72.9 Å². The molecule has 0 fully saturated rings.